The molecule has 18 heteroatoms. The van der Waals surface area contributed by atoms with E-state index in [0.29, 0.717) is 54.7 Å². The summed E-state index contributed by atoms with van der Waals surface area (Å²) in [6.45, 7) is 9.09. The maximum atomic E-state index is 14.2. The van der Waals surface area contributed by atoms with Gasteiger partial charge in [0.2, 0.25) is 0 Å². The summed E-state index contributed by atoms with van der Waals surface area (Å²) in [5, 5.41) is 26.7. The molecule has 5 aromatic rings. The molecule has 2 atom stereocenters. The van der Waals surface area contributed by atoms with Crippen LogP contribution >= 0.6 is 0 Å². The van der Waals surface area contributed by atoms with Gasteiger partial charge in [0.15, 0.2) is 22.9 Å². The molecule has 6 N–H and O–H groups in total. The molecule has 5 aliphatic rings. The topological polar surface area (TPSA) is 235 Å². The molecule has 3 aromatic carbocycles. The van der Waals surface area contributed by atoms with Crippen LogP contribution in [0.2, 0.25) is 0 Å². The van der Waals surface area contributed by atoms with Gasteiger partial charge in [0.05, 0.1) is 27.0 Å². The molecule has 1 spiro atoms. The van der Waals surface area contributed by atoms with E-state index in [-0.39, 0.29) is 58.2 Å². The van der Waals surface area contributed by atoms with Gasteiger partial charge in [-0.3, -0.25) is 24.6 Å². The minimum atomic E-state index is -4.75. The first-order valence-electron chi connectivity index (χ1n) is 24.2. The van der Waals surface area contributed by atoms with Crippen LogP contribution in [0.25, 0.3) is 11.0 Å². The van der Waals surface area contributed by atoms with Crippen molar-refractivity contribution in [2.75, 3.05) is 36.5 Å². The van der Waals surface area contributed by atoms with Gasteiger partial charge >= 0.3 is 0 Å². The molecule has 69 heavy (non-hydrogen) atoms. The Morgan fingerprint density at radius 2 is 1.75 bits per heavy atom. The van der Waals surface area contributed by atoms with Gasteiger partial charge in [0.25, 0.3) is 27.5 Å². The fourth-order valence-electron chi connectivity index (χ4n) is 11.7. The zero-order chi connectivity index (χ0) is 48.4. The molecule has 10 rings (SSSR count). The van der Waals surface area contributed by atoms with Crippen molar-refractivity contribution >= 4 is 49.9 Å². The van der Waals surface area contributed by atoms with Gasteiger partial charge in [-0.05, 0) is 130 Å². The van der Waals surface area contributed by atoms with Crippen LogP contribution in [0.5, 0.6) is 17.2 Å². The summed E-state index contributed by atoms with van der Waals surface area (Å²) in [5.41, 5.74) is 8.42. The Bertz CT molecular complexity index is 2930. The third-order valence-corrected chi connectivity index (χ3v) is 17.0. The Hall–Kier alpha value is -6.24. The number of nitrogens with one attached hydrogen (secondary N) is 3. The van der Waals surface area contributed by atoms with E-state index in [0.717, 1.165) is 63.1 Å². The summed E-state index contributed by atoms with van der Waals surface area (Å²) in [6.07, 6.45) is 10.8. The van der Waals surface area contributed by atoms with Gasteiger partial charge in [-0.2, -0.15) is 0 Å². The number of nitrogens with two attached hydrogens (primary N) is 1. The van der Waals surface area contributed by atoms with Crippen molar-refractivity contribution in [3.05, 3.63) is 105 Å². The molecule has 0 bridgehead atoms. The molecule has 2 saturated heterocycles. The number of hydrogen-bond acceptors (Lipinski definition) is 13. The number of piperidine rings is 1. The number of nitrogens with zero attached hydrogens (tertiary/aromatic N) is 4. The number of carbonyl (C=O) groups is 2. The number of nitro groups is 1. The van der Waals surface area contributed by atoms with Crippen LogP contribution in [-0.2, 0) is 10.0 Å². The van der Waals surface area contributed by atoms with Crippen molar-refractivity contribution in [3.8, 4) is 17.2 Å². The summed E-state index contributed by atoms with van der Waals surface area (Å²) >= 11 is 0. The number of fused-ring (bicyclic) bond motifs is 2. The van der Waals surface area contributed by atoms with Crippen molar-refractivity contribution in [3.63, 3.8) is 0 Å². The fourth-order valence-corrected chi connectivity index (χ4v) is 12.7. The number of likely N-dealkylation sites (tertiary alicyclic amines) is 1. The summed E-state index contributed by atoms with van der Waals surface area (Å²) in [5.74, 6) is -1.53. The number of aromatic amines is 1. The largest absolute Gasteiger partial charge is 0.489 e. The maximum Gasteiger partial charge on any atom is 0.297 e. The zero-order valence-electron chi connectivity index (χ0n) is 39.2. The van der Waals surface area contributed by atoms with Crippen LogP contribution in [0.1, 0.15) is 129 Å². The number of aromatic nitrogens is 2. The number of H-pyrrole nitrogens is 1. The smallest absolute Gasteiger partial charge is 0.297 e. The quantitative estimate of drug-likeness (QED) is 0.0585. The first-order chi connectivity index (χ1) is 33.0. The maximum absolute atomic E-state index is 14.2. The molecule has 2 aromatic heterocycles. The minimum absolute atomic E-state index is 0.0372. The third-order valence-electron chi connectivity index (χ3n) is 15.6. The van der Waals surface area contributed by atoms with Crippen LogP contribution in [0.4, 0.5) is 17.1 Å². The van der Waals surface area contributed by atoms with Crippen molar-refractivity contribution < 1.29 is 37.5 Å². The zero-order valence-corrected chi connectivity index (χ0v) is 40.0. The van der Waals surface area contributed by atoms with E-state index in [2.05, 4.69) is 67.9 Å². The summed E-state index contributed by atoms with van der Waals surface area (Å²) < 4.78 is 42.5. The number of ether oxygens (including phenoxy) is 2. The standard InChI is InChI=1S/C51H60N8O9S/c1-30(2)36-7-4-5-8-37(36)40-9-6-20-58(40)34-27-51(28-34)17-21-57(22-18-51)33-10-11-38(42(24-33)68-44-23-32-14-19-53-48(32)55-46(44)47(52)60)49(61)56-69(65,66)35-25-41(59(63)64)45-43(26-35)67-29-39(54-45)31-12-15-50(3,62)16-13-31/h4-5,7-8,10-11,14,19,23-26,30-31,34,39-40,54,62H,6,9,12-13,15-18,20-22,27-29H2,1-3H3,(H2,52,60)(H,53,55)(H,56,61)/t31-,39-,40-,50-/m1/s1. The van der Waals surface area contributed by atoms with Crippen LogP contribution in [0.15, 0.2) is 77.8 Å². The first kappa shape index (κ1) is 46.5. The number of pyridine rings is 1. The highest BCUT2D eigenvalue weighted by Gasteiger charge is 2.50. The molecule has 4 fully saturated rings. The number of benzene rings is 3. The Labute approximate surface area is 401 Å². The number of rotatable bonds is 12. The van der Waals surface area contributed by atoms with Crippen molar-refractivity contribution in [2.24, 2.45) is 17.1 Å². The predicted octanol–water partition coefficient (Wildman–Crippen LogP) is 8.30. The summed E-state index contributed by atoms with van der Waals surface area (Å²) in [4.78, 5) is 50.4. The highest BCUT2D eigenvalue weighted by molar-refractivity contribution is 7.90. The SMILES string of the molecule is CC(C)c1ccccc1[C@H]1CCCN1C1CC2(CCN(c3ccc(C(=O)NS(=O)(=O)c4cc5c(c([N+](=O)[O-])c4)N[C@@H]([C@H]4CC[C@](C)(O)CC4)CO5)c(Oc4cc5cc[nH]c5nc4C(N)=O)c3)CC2)C1. The Morgan fingerprint density at radius 3 is 2.48 bits per heavy atom. The number of amides is 2. The molecule has 2 amide bonds. The highest BCUT2D eigenvalue weighted by Crippen LogP contribution is 2.54. The van der Waals surface area contributed by atoms with Crippen LogP contribution in [0.3, 0.4) is 0 Å². The second kappa shape index (κ2) is 17.9. The number of anilines is 2. The van der Waals surface area contributed by atoms with E-state index in [4.69, 9.17) is 15.2 Å². The number of aliphatic hydroxyl groups is 1. The Morgan fingerprint density at radius 1 is 1.00 bits per heavy atom. The molecule has 2 aliphatic carbocycles. The third kappa shape index (κ3) is 9.09. The molecule has 0 unspecified atom stereocenters. The average molecular weight is 961 g/mol. The van der Waals surface area contributed by atoms with Crippen molar-refractivity contribution in [1.82, 2.24) is 19.6 Å². The van der Waals surface area contributed by atoms with Gasteiger partial charge in [-0.15, -0.1) is 0 Å². The molecule has 0 radical (unpaired) electrons. The predicted molar refractivity (Wildman–Crippen MR) is 260 cm³/mol. The van der Waals surface area contributed by atoms with Crippen molar-refractivity contribution in [2.45, 2.75) is 120 Å². The monoisotopic (exact) mass is 960 g/mol. The van der Waals surface area contributed by atoms with E-state index in [1.165, 1.54) is 30.0 Å². The molecule has 5 heterocycles. The van der Waals surface area contributed by atoms with Gasteiger partial charge in [-0.25, -0.2) is 18.1 Å². The van der Waals surface area contributed by atoms with Crippen LogP contribution in [0, 0.1) is 21.4 Å². The molecule has 3 aliphatic heterocycles. The molecule has 17 nitrogen and oxygen atoms in total. The van der Waals surface area contributed by atoms with E-state index in [1.807, 2.05) is 0 Å². The summed E-state index contributed by atoms with van der Waals surface area (Å²) in [7, 11) is -4.75. The number of nitro benzene ring substituents is 1. The van der Waals surface area contributed by atoms with Crippen LogP contribution < -0.4 is 30.1 Å². The first-order valence-corrected chi connectivity index (χ1v) is 25.7. The molecule has 2 saturated carbocycles. The Balaban J connectivity index is 0.885. The lowest BCUT2D eigenvalue weighted by atomic mass is 9.59. The van der Waals surface area contributed by atoms with Gasteiger partial charge < -0.3 is 35.5 Å². The number of carbonyl (C=O) groups excluding carboxylic acids is 2. The van der Waals surface area contributed by atoms with E-state index >= 15 is 0 Å². The number of hydrogen-bond donors (Lipinski definition) is 5. The van der Waals surface area contributed by atoms with Gasteiger partial charge in [0.1, 0.15) is 18.0 Å². The van der Waals surface area contributed by atoms with E-state index in [9.17, 15) is 33.2 Å². The molecular formula is C51H60N8O9S. The lowest BCUT2D eigenvalue weighted by Gasteiger charge is -2.56. The lowest BCUT2D eigenvalue weighted by molar-refractivity contribution is -0.384. The van der Waals surface area contributed by atoms with Gasteiger partial charge in [-0.1, -0.05) is 38.1 Å². The highest BCUT2D eigenvalue weighted by atomic mass is 32.2. The van der Waals surface area contributed by atoms with E-state index in [1.54, 1.807) is 37.4 Å². The average Bonchev–Trinajstić information content (AvgIpc) is 4.00. The summed E-state index contributed by atoms with van der Waals surface area (Å²) in [6, 6.07) is 19.8. The molecule has 364 valence electrons. The lowest BCUT2D eigenvalue weighted by Crippen LogP contribution is -2.54. The Kier molecular flexibility index (Phi) is 12.1. The van der Waals surface area contributed by atoms with E-state index < -0.39 is 42.9 Å². The normalized spacial score (nSPS) is 23.8. The number of primary amides is 1. The van der Waals surface area contributed by atoms with Gasteiger partial charge in [0, 0.05) is 60.6 Å². The number of sulfonamides is 1. The second-order valence-electron chi connectivity index (χ2n) is 20.5. The fraction of sp³-hybridized carbons (Fsp3) is 0.471. The molecular weight excluding hydrogens is 901 g/mol. The van der Waals surface area contributed by atoms with Crippen molar-refractivity contribution in [1.29, 1.82) is 0 Å². The minimum Gasteiger partial charge on any atom is -0.489 e. The second-order valence-corrected chi connectivity index (χ2v) is 22.2. The van der Waals surface area contributed by atoms with Crippen LogP contribution in [-0.4, -0.2) is 89.1 Å².